The third kappa shape index (κ3) is 4.18. The summed E-state index contributed by atoms with van der Waals surface area (Å²) in [4.78, 5) is 28.5. The number of primary amides is 1. The molecule has 0 unspecified atom stereocenters. The summed E-state index contributed by atoms with van der Waals surface area (Å²) in [7, 11) is 1.67. The van der Waals surface area contributed by atoms with Gasteiger partial charge in [0.25, 0.3) is 5.91 Å². The van der Waals surface area contributed by atoms with Crippen molar-refractivity contribution in [1.82, 2.24) is 4.90 Å². The highest BCUT2D eigenvalue weighted by atomic mass is 16.5. The Morgan fingerprint density at radius 2 is 1.81 bits per heavy atom. The maximum Gasteiger partial charge on any atom is 0.254 e. The monoisotopic (exact) mass is 359 g/mol. The van der Waals surface area contributed by atoms with E-state index < -0.39 is 0 Å². The molecule has 2 saturated heterocycles. The number of methoxy groups -OCH3 is 1. The SMILES string of the molecule is CO[C@H]1CCCN(C(=O)c2ccc(N3CCCC3)cc2)[C@H]1CCC(N)=O. The molecule has 1 aromatic carbocycles. The second-order valence-electron chi connectivity index (χ2n) is 7.23. The number of carbonyl (C=O) groups excluding carboxylic acids is 2. The fourth-order valence-corrected chi connectivity index (χ4v) is 4.14. The quantitative estimate of drug-likeness (QED) is 0.845. The molecule has 142 valence electrons. The van der Waals surface area contributed by atoms with Crippen LogP contribution in [-0.4, -0.2) is 55.6 Å². The highest BCUT2D eigenvalue weighted by molar-refractivity contribution is 5.95. The number of rotatable bonds is 6. The summed E-state index contributed by atoms with van der Waals surface area (Å²) in [6.07, 6.45) is 5.04. The highest BCUT2D eigenvalue weighted by Crippen LogP contribution is 2.27. The number of amides is 2. The number of ether oxygens (including phenoxy) is 1. The number of likely N-dealkylation sites (tertiary alicyclic amines) is 1. The maximum absolute atomic E-state index is 13.1. The van der Waals surface area contributed by atoms with E-state index in [0.29, 0.717) is 18.5 Å². The minimum atomic E-state index is -0.340. The zero-order valence-electron chi connectivity index (χ0n) is 15.5. The minimum absolute atomic E-state index is 0.00851. The first kappa shape index (κ1) is 18.7. The van der Waals surface area contributed by atoms with Gasteiger partial charge in [-0.15, -0.1) is 0 Å². The molecule has 2 amide bonds. The lowest BCUT2D eigenvalue weighted by Gasteiger charge is -2.40. The average molecular weight is 359 g/mol. The Morgan fingerprint density at radius 1 is 1.12 bits per heavy atom. The molecule has 26 heavy (non-hydrogen) atoms. The molecule has 2 atom stereocenters. The highest BCUT2D eigenvalue weighted by Gasteiger charge is 2.34. The number of nitrogens with two attached hydrogens (primary N) is 1. The first-order valence-electron chi connectivity index (χ1n) is 9.57. The van der Waals surface area contributed by atoms with E-state index in [1.165, 1.54) is 18.5 Å². The van der Waals surface area contributed by atoms with E-state index in [1.54, 1.807) is 7.11 Å². The second-order valence-corrected chi connectivity index (χ2v) is 7.23. The van der Waals surface area contributed by atoms with Gasteiger partial charge in [-0.25, -0.2) is 0 Å². The van der Waals surface area contributed by atoms with E-state index in [-0.39, 0.29) is 30.4 Å². The summed E-state index contributed by atoms with van der Waals surface area (Å²) >= 11 is 0. The number of nitrogens with zero attached hydrogens (tertiary/aromatic N) is 2. The average Bonchev–Trinajstić information content (AvgIpc) is 3.20. The van der Waals surface area contributed by atoms with Gasteiger partial charge >= 0.3 is 0 Å². The number of hydrogen-bond acceptors (Lipinski definition) is 4. The zero-order chi connectivity index (χ0) is 18.5. The number of benzene rings is 1. The molecule has 0 spiro atoms. The molecule has 2 aliphatic rings. The number of anilines is 1. The van der Waals surface area contributed by atoms with Crippen LogP contribution >= 0.6 is 0 Å². The standard InChI is InChI=1S/C20H29N3O3/c1-26-18-5-4-14-23(17(18)10-11-19(21)24)20(25)15-6-8-16(9-7-15)22-12-2-3-13-22/h6-9,17-18H,2-5,10-14H2,1H3,(H2,21,24)/t17-,18-/m0/s1. The molecule has 0 aromatic heterocycles. The Balaban J connectivity index is 1.73. The molecule has 6 nitrogen and oxygen atoms in total. The zero-order valence-corrected chi connectivity index (χ0v) is 15.5. The smallest absolute Gasteiger partial charge is 0.254 e. The van der Waals surface area contributed by atoms with Crippen LogP contribution in [0.15, 0.2) is 24.3 Å². The van der Waals surface area contributed by atoms with Crippen LogP contribution in [0.3, 0.4) is 0 Å². The molecule has 2 fully saturated rings. The van der Waals surface area contributed by atoms with Gasteiger partial charge in [0.15, 0.2) is 0 Å². The van der Waals surface area contributed by atoms with Crippen molar-refractivity contribution < 1.29 is 14.3 Å². The van der Waals surface area contributed by atoms with Crippen LogP contribution in [0.4, 0.5) is 5.69 Å². The van der Waals surface area contributed by atoms with Crippen LogP contribution in [0.5, 0.6) is 0 Å². The molecule has 2 N–H and O–H groups in total. The Hall–Kier alpha value is -2.08. The first-order chi connectivity index (χ1) is 12.6. The van der Waals surface area contributed by atoms with Crippen LogP contribution in [0.2, 0.25) is 0 Å². The maximum atomic E-state index is 13.1. The third-order valence-electron chi connectivity index (χ3n) is 5.55. The number of hydrogen-bond donors (Lipinski definition) is 1. The molecule has 2 heterocycles. The molecule has 0 bridgehead atoms. The predicted molar refractivity (Wildman–Crippen MR) is 101 cm³/mol. The van der Waals surface area contributed by atoms with Crippen LogP contribution in [0, 0.1) is 0 Å². The van der Waals surface area contributed by atoms with E-state index in [4.69, 9.17) is 10.5 Å². The van der Waals surface area contributed by atoms with Gasteiger partial charge in [-0.3, -0.25) is 9.59 Å². The minimum Gasteiger partial charge on any atom is -0.379 e. The normalized spacial score (nSPS) is 23.3. The van der Waals surface area contributed by atoms with Crippen LogP contribution in [0.25, 0.3) is 0 Å². The lowest BCUT2D eigenvalue weighted by Crippen LogP contribution is -2.51. The van der Waals surface area contributed by atoms with Crippen LogP contribution in [0.1, 0.15) is 48.9 Å². The van der Waals surface area contributed by atoms with E-state index in [2.05, 4.69) is 4.90 Å². The van der Waals surface area contributed by atoms with Crippen molar-refractivity contribution in [2.45, 2.75) is 50.7 Å². The molecule has 0 aliphatic carbocycles. The van der Waals surface area contributed by atoms with Gasteiger partial charge < -0.3 is 20.3 Å². The van der Waals surface area contributed by atoms with Gasteiger partial charge in [-0.05, 0) is 56.4 Å². The summed E-state index contributed by atoms with van der Waals surface area (Å²) < 4.78 is 5.59. The van der Waals surface area contributed by atoms with Gasteiger partial charge in [-0.1, -0.05) is 0 Å². The summed E-state index contributed by atoms with van der Waals surface area (Å²) in [6, 6.07) is 7.80. The Kier molecular flexibility index (Phi) is 6.14. The summed E-state index contributed by atoms with van der Waals surface area (Å²) in [6.45, 7) is 2.87. The van der Waals surface area contributed by atoms with E-state index in [9.17, 15) is 9.59 Å². The molecular formula is C20H29N3O3. The largest absolute Gasteiger partial charge is 0.379 e. The Bertz CT molecular complexity index is 626. The number of carbonyl (C=O) groups is 2. The van der Waals surface area contributed by atoms with E-state index in [1.807, 2.05) is 29.2 Å². The van der Waals surface area contributed by atoms with E-state index in [0.717, 1.165) is 25.9 Å². The second kappa shape index (κ2) is 8.54. The molecule has 0 radical (unpaired) electrons. The third-order valence-corrected chi connectivity index (χ3v) is 5.55. The Labute approximate surface area is 155 Å². The van der Waals surface area contributed by atoms with Crippen molar-refractivity contribution in [3.05, 3.63) is 29.8 Å². The van der Waals surface area contributed by atoms with Gasteiger partial charge in [0.1, 0.15) is 0 Å². The fourth-order valence-electron chi connectivity index (χ4n) is 4.14. The fraction of sp³-hybridized carbons (Fsp3) is 0.600. The van der Waals surface area contributed by atoms with Gasteiger partial charge in [0.2, 0.25) is 5.91 Å². The lowest BCUT2D eigenvalue weighted by atomic mass is 9.93. The molecular weight excluding hydrogens is 330 g/mol. The van der Waals surface area contributed by atoms with Crippen LogP contribution in [-0.2, 0) is 9.53 Å². The Morgan fingerprint density at radius 3 is 2.42 bits per heavy atom. The van der Waals surface area contributed by atoms with Crippen molar-refractivity contribution >= 4 is 17.5 Å². The van der Waals surface area contributed by atoms with Crippen molar-refractivity contribution in [2.75, 3.05) is 31.6 Å². The summed E-state index contributed by atoms with van der Waals surface area (Å²) in [5, 5.41) is 0. The molecule has 1 aromatic rings. The van der Waals surface area contributed by atoms with E-state index >= 15 is 0 Å². The van der Waals surface area contributed by atoms with Crippen molar-refractivity contribution in [3.8, 4) is 0 Å². The molecule has 2 aliphatic heterocycles. The lowest BCUT2D eigenvalue weighted by molar-refractivity contribution is -0.118. The summed E-state index contributed by atoms with van der Waals surface area (Å²) in [5.41, 5.74) is 7.18. The van der Waals surface area contributed by atoms with Gasteiger partial charge in [0, 0.05) is 44.4 Å². The topological polar surface area (TPSA) is 75.9 Å². The van der Waals surface area contributed by atoms with Crippen molar-refractivity contribution in [1.29, 1.82) is 0 Å². The van der Waals surface area contributed by atoms with Crippen LogP contribution < -0.4 is 10.6 Å². The van der Waals surface area contributed by atoms with Crippen molar-refractivity contribution in [3.63, 3.8) is 0 Å². The first-order valence-corrected chi connectivity index (χ1v) is 9.57. The number of piperidine rings is 1. The van der Waals surface area contributed by atoms with Gasteiger partial charge in [0.05, 0.1) is 12.1 Å². The van der Waals surface area contributed by atoms with Crippen molar-refractivity contribution in [2.24, 2.45) is 5.73 Å². The molecule has 0 saturated carbocycles. The van der Waals surface area contributed by atoms with Gasteiger partial charge in [-0.2, -0.15) is 0 Å². The molecule has 3 rings (SSSR count). The predicted octanol–water partition coefficient (Wildman–Crippen LogP) is 2.17. The molecule has 6 heteroatoms. The summed E-state index contributed by atoms with van der Waals surface area (Å²) in [5.74, 6) is -0.331.